The number of ether oxygens (including phenoxy) is 1. The first-order valence-corrected chi connectivity index (χ1v) is 9.04. The summed E-state index contributed by atoms with van der Waals surface area (Å²) in [5.41, 5.74) is 2.66. The van der Waals surface area contributed by atoms with Gasteiger partial charge in [-0.05, 0) is 61.0 Å². The van der Waals surface area contributed by atoms with Gasteiger partial charge in [-0.15, -0.1) is 0 Å². The highest BCUT2D eigenvalue weighted by atomic mass is 35.5. The van der Waals surface area contributed by atoms with E-state index in [1.807, 2.05) is 25.1 Å². The van der Waals surface area contributed by atoms with Crippen molar-refractivity contribution in [2.24, 2.45) is 0 Å². The van der Waals surface area contributed by atoms with Crippen LogP contribution in [0.25, 0.3) is 0 Å². The minimum absolute atomic E-state index is 0.0888. The number of nitrogens with one attached hydrogen (secondary N) is 2. The molecule has 2 amide bonds. The first-order valence-electron chi connectivity index (χ1n) is 8.66. The molecule has 3 aromatic carbocycles. The second-order valence-corrected chi connectivity index (χ2v) is 6.57. The molecule has 6 heteroatoms. The Balaban J connectivity index is 1.53. The number of amides is 2. The van der Waals surface area contributed by atoms with Crippen LogP contribution < -0.4 is 15.4 Å². The van der Waals surface area contributed by atoms with Gasteiger partial charge in [0.25, 0.3) is 11.8 Å². The molecule has 0 atom stereocenters. The van der Waals surface area contributed by atoms with Crippen molar-refractivity contribution in [3.05, 3.63) is 88.9 Å². The van der Waals surface area contributed by atoms with Gasteiger partial charge in [-0.1, -0.05) is 35.9 Å². The fraction of sp³-hybridized carbons (Fsp3) is 0.0909. The van der Waals surface area contributed by atoms with Gasteiger partial charge in [0.1, 0.15) is 5.75 Å². The number of anilines is 2. The molecular formula is C22H19ClN2O3. The summed E-state index contributed by atoms with van der Waals surface area (Å²) < 4.78 is 5.48. The molecule has 0 fully saturated rings. The monoisotopic (exact) mass is 394 g/mol. The zero-order valence-corrected chi connectivity index (χ0v) is 16.0. The van der Waals surface area contributed by atoms with Crippen molar-refractivity contribution >= 4 is 34.8 Å². The Kier molecular flexibility index (Phi) is 6.29. The molecule has 2 N–H and O–H groups in total. The molecule has 142 valence electrons. The molecule has 0 unspecified atom stereocenters. The van der Waals surface area contributed by atoms with Crippen molar-refractivity contribution < 1.29 is 14.3 Å². The first kappa shape index (κ1) is 19.5. The summed E-state index contributed by atoms with van der Waals surface area (Å²) >= 11 is 6.03. The van der Waals surface area contributed by atoms with Crippen molar-refractivity contribution in [1.82, 2.24) is 0 Å². The van der Waals surface area contributed by atoms with Crippen LogP contribution in [0.5, 0.6) is 5.75 Å². The van der Waals surface area contributed by atoms with E-state index in [2.05, 4.69) is 10.6 Å². The van der Waals surface area contributed by atoms with E-state index < -0.39 is 0 Å². The second-order valence-electron chi connectivity index (χ2n) is 6.16. The van der Waals surface area contributed by atoms with Gasteiger partial charge in [0.15, 0.2) is 6.61 Å². The lowest BCUT2D eigenvalue weighted by molar-refractivity contribution is -0.118. The van der Waals surface area contributed by atoms with Crippen LogP contribution in [0.4, 0.5) is 11.4 Å². The molecule has 0 aliphatic rings. The van der Waals surface area contributed by atoms with E-state index in [1.165, 1.54) is 0 Å². The SMILES string of the molecule is Cc1cccc(OCC(=O)Nc2ccc(NC(=O)c3ccccc3Cl)cc2)c1. The van der Waals surface area contributed by atoms with E-state index in [0.29, 0.717) is 27.7 Å². The maximum Gasteiger partial charge on any atom is 0.262 e. The van der Waals surface area contributed by atoms with Crippen LogP contribution in [-0.4, -0.2) is 18.4 Å². The van der Waals surface area contributed by atoms with Crippen LogP contribution in [0.2, 0.25) is 5.02 Å². The highest BCUT2D eigenvalue weighted by Gasteiger charge is 2.10. The summed E-state index contributed by atoms with van der Waals surface area (Å²) in [5.74, 6) is 0.0797. The predicted octanol–water partition coefficient (Wildman–Crippen LogP) is 4.92. The maximum atomic E-state index is 12.3. The highest BCUT2D eigenvalue weighted by Crippen LogP contribution is 2.19. The summed E-state index contributed by atoms with van der Waals surface area (Å²) in [6.07, 6.45) is 0. The van der Waals surface area contributed by atoms with Gasteiger partial charge in [-0.25, -0.2) is 0 Å². The van der Waals surface area contributed by atoms with Gasteiger partial charge in [-0.3, -0.25) is 9.59 Å². The Morgan fingerprint density at radius 3 is 2.25 bits per heavy atom. The molecular weight excluding hydrogens is 376 g/mol. The van der Waals surface area contributed by atoms with E-state index in [9.17, 15) is 9.59 Å². The van der Waals surface area contributed by atoms with Crippen LogP contribution >= 0.6 is 11.6 Å². The van der Waals surface area contributed by atoms with Crippen LogP contribution in [0.1, 0.15) is 15.9 Å². The number of aryl methyl sites for hydroxylation is 1. The Labute approximate surface area is 168 Å². The van der Waals surface area contributed by atoms with Crippen LogP contribution in [0, 0.1) is 6.92 Å². The van der Waals surface area contributed by atoms with Crippen molar-refractivity contribution in [3.8, 4) is 5.75 Å². The largest absolute Gasteiger partial charge is 0.484 e. The van der Waals surface area contributed by atoms with Gasteiger partial charge in [-0.2, -0.15) is 0 Å². The number of halogens is 1. The first-order chi connectivity index (χ1) is 13.5. The molecule has 3 rings (SSSR count). The van der Waals surface area contributed by atoms with E-state index in [4.69, 9.17) is 16.3 Å². The zero-order valence-electron chi connectivity index (χ0n) is 15.2. The third-order valence-corrected chi connectivity index (χ3v) is 4.23. The fourth-order valence-corrected chi connectivity index (χ4v) is 2.75. The molecule has 0 aromatic heterocycles. The number of hydrogen-bond donors (Lipinski definition) is 2. The Hall–Kier alpha value is -3.31. The summed E-state index contributed by atoms with van der Waals surface area (Å²) in [5, 5.41) is 5.91. The molecule has 0 radical (unpaired) electrons. The zero-order chi connectivity index (χ0) is 19.9. The Morgan fingerprint density at radius 1 is 0.893 bits per heavy atom. The van der Waals surface area contributed by atoms with Gasteiger partial charge >= 0.3 is 0 Å². The molecule has 0 saturated carbocycles. The second kappa shape index (κ2) is 9.06. The molecule has 0 aliphatic carbocycles. The van der Waals surface area contributed by atoms with Gasteiger partial charge in [0.2, 0.25) is 0 Å². The van der Waals surface area contributed by atoms with Crippen molar-refractivity contribution in [1.29, 1.82) is 0 Å². The average Bonchev–Trinajstić information content (AvgIpc) is 2.68. The lowest BCUT2D eigenvalue weighted by Crippen LogP contribution is -2.20. The lowest BCUT2D eigenvalue weighted by atomic mass is 10.2. The number of rotatable bonds is 6. The highest BCUT2D eigenvalue weighted by molar-refractivity contribution is 6.34. The van der Waals surface area contributed by atoms with Crippen LogP contribution in [0.15, 0.2) is 72.8 Å². The van der Waals surface area contributed by atoms with Gasteiger partial charge < -0.3 is 15.4 Å². The molecule has 0 saturated heterocycles. The van der Waals surface area contributed by atoms with E-state index in [1.54, 1.807) is 54.6 Å². The summed E-state index contributed by atoms with van der Waals surface area (Å²) in [7, 11) is 0. The van der Waals surface area contributed by atoms with E-state index in [0.717, 1.165) is 5.56 Å². The lowest BCUT2D eigenvalue weighted by Gasteiger charge is -2.10. The van der Waals surface area contributed by atoms with Crippen molar-refractivity contribution in [2.45, 2.75) is 6.92 Å². The fourth-order valence-electron chi connectivity index (χ4n) is 2.53. The number of hydrogen-bond acceptors (Lipinski definition) is 3. The molecule has 0 spiro atoms. The number of carbonyl (C=O) groups excluding carboxylic acids is 2. The molecule has 28 heavy (non-hydrogen) atoms. The van der Waals surface area contributed by atoms with Crippen LogP contribution in [0.3, 0.4) is 0 Å². The third-order valence-electron chi connectivity index (χ3n) is 3.90. The van der Waals surface area contributed by atoms with Crippen LogP contribution in [-0.2, 0) is 4.79 Å². The predicted molar refractivity (Wildman–Crippen MR) is 111 cm³/mol. The van der Waals surface area contributed by atoms with Crippen molar-refractivity contribution in [2.75, 3.05) is 17.2 Å². The van der Waals surface area contributed by atoms with Gasteiger partial charge in [0, 0.05) is 11.4 Å². The smallest absolute Gasteiger partial charge is 0.262 e. The minimum atomic E-state index is -0.297. The van der Waals surface area contributed by atoms with Gasteiger partial charge in [0.05, 0.1) is 10.6 Å². The Morgan fingerprint density at radius 2 is 1.57 bits per heavy atom. The van der Waals surface area contributed by atoms with E-state index >= 15 is 0 Å². The Bertz CT molecular complexity index is 987. The van der Waals surface area contributed by atoms with Crippen molar-refractivity contribution in [3.63, 3.8) is 0 Å². The van der Waals surface area contributed by atoms with E-state index in [-0.39, 0.29) is 18.4 Å². The molecule has 5 nitrogen and oxygen atoms in total. The average molecular weight is 395 g/mol. The normalized spacial score (nSPS) is 10.2. The quantitative estimate of drug-likeness (QED) is 0.623. The summed E-state index contributed by atoms with van der Waals surface area (Å²) in [4.78, 5) is 24.3. The third kappa shape index (κ3) is 5.34. The minimum Gasteiger partial charge on any atom is -0.484 e. The maximum absolute atomic E-state index is 12.3. The molecule has 0 aliphatic heterocycles. The summed E-state index contributed by atoms with van der Waals surface area (Å²) in [6, 6.07) is 21.1. The topological polar surface area (TPSA) is 67.4 Å². The standard InChI is InChI=1S/C22H19ClN2O3/c1-15-5-4-6-18(13-15)28-14-21(26)24-16-9-11-17(12-10-16)25-22(27)19-7-2-3-8-20(19)23/h2-13H,14H2,1H3,(H,24,26)(H,25,27). The summed E-state index contributed by atoms with van der Waals surface area (Å²) in [6.45, 7) is 1.87. The number of carbonyl (C=O) groups is 2. The number of benzene rings is 3. The molecule has 0 bridgehead atoms. The molecule has 3 aromatic rings. The molecule has 0 heterocycles.